The van der Waals surface area contributed by atoms with Crippen LogP contribution >= 0.6 is 34.8 Å². The molecule has 7 aliphatic rings. The molecule has 0 aliphatic carbocycles. The van der Waals surface area contributed by atoms with E-state index in [0.717, 1.165) is 84.9 Å². The van der Waals surface area contributed by atoms with Crippen molar-refractivity contribution < 1.29 is 138 Å². The summed E-state index contributed by atoms with van der Waals surface area (Å²) < 4.78 is 30.1. The molecular weight excluding hydrogens is 1800 g/mol. The van der Waals surface area contributed by atoms with E-state index in [-0.39, 0.29) is 160 Å². The molecule has 2 fully saturated rings. The monoisotopic (exact) mass is 1910 g/mol. The molecule has 7 aliphatic heterocycles. The number of esters is 3. The maximum absolute atomic E-state index is 12.5. The number of halogens is 4. The fourth-order valence-electron chi connectivity index (χ4n) is 12.4. The summed E-state index contributed by atoms with van der Waals surface area (Å²) in [6.07, 6.45) is 8.96. The molecule has 0 bridgehead atoms. The summed E-state index contributed by atoms with van der Waals surface area (Å²) in [5.74, 6) is -2.76. The molecule has 39 nitrogen and oxygen atoms in total. The number of carbonyl (C=O) groups excluding carboxylic acids is 8. The molecule has 127 heavy (non-hydrogen) atoms. The summed E-state index contributed by atoms with van der Waals surface area (Å²) in [7, 11) is 6.19. The molecule has 0 saturated carbocycles. The summed E-state index contributed by atoms with van der Waals surface area (Å²) in [5.41, 5.74) is 12.9. The first kappa shape index (κ1) is 112. The number of benzene rings is 3. The number of nitrogens with zero attached hydrogens (tertiary/aromatic N) is 10. The number of carbonyl (C=O) groups is 9. The SMILES string of the molecule is C1CCOC1.C1CCOC1.CCOC(=O)c1n[nH]c2c1CN(C(=O)Nc1cccc(Cl)c1)CC2.CCOC(=O)c1n[nH]c2c1CN(C(=O)OC(C)(C)C)CC2.CCOC(=O)c1n[nH]c2c1CNCC2.CNOC.CON(C)C(=O)c1n[nH]c2c1CN(C(=O)Nc1cccc(Cl)c1)CC2.O=C(O)c1n[nH]c2c1CN(C(=O)Nc1cccc(Cl)c1)CC2.[Br-].[CH2-]CC.[Mg+2].[Na+].[OH-]. The van der Waals surface area contributed by atoms with Crippen LogP contribution in [0.4, 0.5) is 36.2 Å². The largest absolute Gasteiger partial charge is 2.00 e. The Balaban J connectivity index is 0.000000390. The normalized spacial score (nSPS) is 13.8. The van der Waals surface area contributed by atoms with Crippen molar-refractivity contribution in [1.82, 2.24) is 86.4 Å². The number of fused-ring (bicyclic) bond motifs is 5. The van der Waals surface area contributed by atoms with Crippen LogP contribution in [0.1, 0.15) is 189 Å². The molecule has 0 radical (unpaired) electrons. The van der Waals surface area contributed by atoms with Gasteiger partial charge in [0.2, 0.25) is 0 Å². The van der Waals surface area contributed by atoms with Gasteiger partial charge in [-0.2, -0.15) is 31.9 Å². The Morgan fingerprint density at radius 3 is 1.13 bits per heavy atom. The predicted octanol–water partition coefficient (Wildman–Crippen LogP) is 5.62. The number of aromatic carboxylic acids is 1. The van der Waals surface area contributed by atoms with Gasteiger partial charge in [-0.15, -0.1) is 0 Å². The van der Waals surface area contributed by atoms with Crippen molar-refractivity contribution in [3.8, 4) is 0 Å². The molecule has 8 amide bonds. The Kier molecular flexibility index (Phi) is 51.7. The molecule has 0 atom stereocenters. The minimum absolute atomic E-state index is 0. The fourth-order valence-corrected chi connectivity index (χ4v) is 13.0. The number of amides is 8. The third-order valence-electron chi connectivity index (χ3n) is 18.5. The first-order valence-electron chi connectivity index (χ1n) is 40.2. The zero-order valence-corrected chi connectivity index (χ0v) is 81.0. The number of anilines is 3. The molecule has 0 spiro atoms. The first-order chi connectivity index (χ1) is 59.1. The zero-order valence-electron chi connectivity index (χ0n) is 73.8. The van der Waals surface area contributed by atoms with E-state index in [2.05, 4.69) is 89.5 Å². The van der Waals surface area contributed by atoms with Gasteiger partial charge in [0.15, 0.2) is 28.5 Å². The van der Waals surface area contributed by atoms with Crippen LogP contribution in [-0.4, -0.2) is 276 Å². The summed E-state index contributed by atoms with van der Waals surface area (Å²) in [6.45, 7) is 26.0. The van der Waals surface area contributed by atoms with Crippen molar-refractivity contribution in [3.05, 3.63) is 180 Å². The summed E-state index contributed by atoms with van der Waals surface area (Å²) in [5, 5.41) is 57.4. The smallest absolute Gasteiger partial charge is 1.00 e. The molecule has 5 aromatic heterocycles. The van der Waals surface area contributed by atoms with Crippen LogP contribution in [0.25, 0.3) is 0 Å². The van der Waals surface area contributed by atoms with Crippen LogP contribution in [0.3, 0.4) is 0 Å². The molecule has 12 heterocycles. The van der Waals surface area contributed by atoms with E-state index in [1.54, 1.807) is 127 Å². The van der Waals surface area contributed by atoms with Gasteiger partial charge in [0.1, 0.15) is 5.60 Å². The zero-order chi connectivity index (χ0) is 89.5. The number of carboxylic acid groups (broad SMARTS) is 1. The summed E-state index contributed by atoms with van der Waals surface area (Å²) >= 11 is 17.7. The minimum Gasteiger partial charge on any atom is -1.00 e. The second-order valence-electron chi connectivity index (χ2n) is 28.6. The Labute approximate surface area is 801 Å². The number of aromatic amines is 5. The van der Waals surface area contributed by atoms with Gasteiger partial charge >= 0.3 is 101 Å². The van der Waals surface area contributed by atoms with E-state index < -0.39 is 23.5 Å². The molecule has 45 heteroatoms. The van der Waals surface area contributed by atoms with Gasteiger partial charge in [-0.05, 0) is 122 Å². The molecule has 15 rings (SSSR count). The number of nitrogens with one attached hydrogen (secondary N) is 10. The topological polar surface area (TPSA) is 497 Å². The summed E-state index contributed by atoms with van der Waals surface area (Å²) in [4.78, 5) is 124. The van der Waals surface area contributed by atoms with Crippen LogP contribution in [0.5, 0.6) is 0 Å². The molecular formula is C82H113BrCl3MgN20NaO19. The maximum atomic E-state index is 12.5. The van der Waals surface area contributed by atoms with E-state index in [0.29, 0.717) is 138 Å². The summed E-state index contributed by atoms with van der Waals surface area (Å²) in [6, 6.07) is 19.9. The van der Waals surface area contributed by atoms with Gasteiger partial charge in [0.25, 0.3) is 5.91 Å². The van der Waals surface area contributed by atoms with Crippen LogP contribution < -0.4 is 73.3 Å². The number of H-pyrrole nitrogens is 5. The number of hydrogen-bond donors (Lipinski definition) is 11. The molecule has 12 N–H and O–H groups in total. The molecule has 0 unspecified atom stereocenters. The predicted molar refractivity (Wildman–Crippen MR) is 466 cm³/mol. The molecule has 686 valence electrons. The van der Waals surface area contributed by atoms with Crippen LogP contribution in [0, 0.1) is 6.92 Å². The Bertz CT molecular complexity index is 4750. The van der Waals surface area contributed by atoms with Crippen LogP contribution in [-0.2, 0) is 103 Å². The Hall–Kier alpha value is -9.02. The number of urea groups is 3. The number of ether oxygens (including phenoxy) is 6. The number of hydroxylamine groups is 3. The quantitative estimate of drug-likeness (QED) is 0.0219. The fraction of sp³-hybridized carbons (Fsp3) is 0.476. The van der Waals surface area contributed by atoms with E-state index >= 15 is 0 Å². The second kappa shape index (κ2) is 58.5. The van der Waals surface area contributed by atoms with Gasteiger partial charge in [-0.3, -0.25) is 35.1 Å². The second-order valence-corrected chi connectivity index (χ2v) is 29.9. The van der Waals surface area contributed by atoms with Gasteiger partial charge in [-0.25, -0.2) is 48.9 Å². The Morgan fingerprint density at radius 2 is 0.827 bits per heavy atom. The third-order valence-corrected chi connectivity index (χ3v) is 19.2. The van der Waals surface area contributed by atoms with E-state index in [1.165, 1.54) is 39.8 Å². The first-order valence-corrected chi connectivity index (χ1v) is 41.4. The van der Waals surface area contributed by atoms with Crippen LogP contribution in [0.2, 0.25) is 15.1 Å². The molecule has 2 saturated heterocycles. The van der Waals surface area contributed by atoms with Gasteiger partial charge in [-0.1, -0.05) is 59.9 Å². The molecule has 8 aromatic rings. The maximum Gasteiger partial charge on any atom is 2.00 e. The van der Waals surface area contributed by atoms with E-state index in [9.17, 15) is 43.2 Å². The Morgan fingerprint density at radius 1 is 0.520 bits per heavy atom. The van der Waals surface area contributed by atoms with Crippen molar-refractivity contribution >= 4 is 129 Å². The van der Waals surface area contributed by atoms with Crippen molar-refractivity contribution in [3.63, 3.8) is 0 Å². The molecule has 3 aromatic carbocycles. The van der Waals surface area contributed by atoms with E-state index in [4.69, 9.17) is 73.2 Å². The van der Waals surface area contributed by atoms with Crippen molar-refractivity contribution in [2.45, 2.75) is 151 Å². The standard InChI is InChI=1S/C16H18ClN5O3.C16H17ClN4O3.C14H13ClN4O3.C14H21N3O4.C9H13N3O2.2C4H8O.C3H7.C2H7NO.BrH.Mg.Na.H2O/c1-21(25-2)15(23)14-12-9-22(7-6-13(12)19-20-14)16(24)18-11-5-3-4-10(17)8-11;1-2-24-15(22)14-12-9-21(7-6-13(12)19-20-14)16(23)18-11-5-3-4-10(17)8-11;15-8-2-1-3-9(6-8)16-14(22)19-5-4-11-10(7-19)12(13(20)21)18-17-11;1-5-20-12(18)11-9-8-17(7-6-10(9)15-16-11)13(19)21-14(2,3)4;1-2-14-9(13)8-6-5-10-4-3-7(6)11-12-8;2*1-2-4-5-3-1;1-3-2;1-3-4-2;;;;/h3-5,8H,6-7,9H2,1-2H3,(H,18,24)(H,19,20);3-5,8H,2,6-7,9H2,1H3,(H,18,23)(H,19,20);1-3,6H,4-5,7H2,(H,16,22)(H,17,18)(H,20,21);5-8H2,1-4H3,(H,15,16);10H,2-5H2,1H3,(H,11,12);2*1-4H2;1,3H2,2H3;3H,1-2H3;1H;;;1H2/q;;;;;;;-1;;;+2;+1;/p-2. The third kappa shape index (κ3) is 35.8. The minimum atomic E-state index is -1.10. The van der Waals surface area contributed by atoms with Gasteiger partial charge in [0, 0.05) is 200 Å². The number of carboxylic acids is 1. The van der Waals surface area contributed by atoms with Crippen LogP contribution in [0.15, 0.2) is 72.8 Å². The van der Waals surface area contributed by atoms with Gasteiger partial charge in [0.05, 0.1) is 60.2 Å². The number of aromatic nitrogens is 10. The average Bonchev–Trinajstić information content (AvgIpc) is 1.66. The number of rotatable bonds is 13. The van der Waals surface area contributed by atoms with Crippen molar-refractivity contribution in [1.29, 1.82) is 0 Å². The average molecular weight is 1920 g/mol. The van der Waals surface area contributed by atoms with Gasteiger partial charge < -0.3 is 109 Å². The number of hydrogen-bond acceptors (Lipinski definition) is 25. The van der Waals surface area contributed by atoms with Crippen molar-refractivity contribution in [2.75, 3.05) is 123 Å². The van der Waals surface area contributed by atoms with E-state index in [1.807, 2.05) is 27.7 Å². The van der Waals surface area contributed by atoms with Crippen molar-refractivity contribution in [2.24, 2.45) is 0 Å².